The van der Waals surface area contributed by atoms with Crippen LogP contribution < -0.4 is 0 Å². The van der Waals surface area contributed by atoms with Gasteiger partial charge in [-0.05, 0) is 46.5 Å². The Morgan fingerprint density at radius 1 is 1.21 bits per heavy atom. The molecule has 148 valence electrons. The highest BCUT2D eigenvalue weighted by Gasteiger charge is 2.46. The average molecular weight is 382 g/mol. The van der Waals surface area contributed by atoms with E-state index in [2.05, 4.69) is 10.2 Å². The molecule has 3 rings (SSSR count). The number of aliphatic hydroxyl groups excluding tert-OH is 1. The van der Waals surface area contributed by atoms with Crippen LogP contribution in [-0.4, -0.2) is 64.0 Å². The monoisotopic (exact) mass is 382 g/mol. The first-order chi connectivity index (χ1) is 13.3. The maximum atomic E-state index is 12.9. The van der Waals surface area contributed by atoms with Gasteiger partial charge in [-0.15, -0.1) is 0 Å². The fourth-order valence-corrected chi connectivity index (χ4v) is 3.68. The second-order valence-electron chi connectivity index (χ2n) is 7.37. The van der Waals surface area contributed by atoms with Gasteiger partial charge in [-0.1, -0.05) is 30.3 Å². The van der Waals surface area contributed by atoms with Gasteiger partial charge in [0.25, 0.3) is 11.7 Å². The molecule has 1 aromatic heterocycles. The minimum absolute atomic E-state index is 0.119. The van der Waals surface area contributed by atoms with Crippen molar-refractivity contribution in [1.29, 1.82) is 0 Å². The number of benzene rings is 1. The van der Waals surface area contributed by atoms with Gasteiger partial charge in [-0.3, -0.25) is 14.7 Å². The van der Waals surface area contributed by atoms with Crippen molar-refractivity contribution in [3.05, 3.63) is 58.4 Å². The number of aromatic nitrogens is 2. The number of likely N-dealkylation sites (tertiary alicyclic amines) is 1. The van der Waals surface area contributed by atoms with Crippen molar-refractivity contribution in [3.8, 4) is 0 Å². The Kier molecular flexibility index (Phi) is 5.65. The molecule has 28 heavy (non-hydrogen) atoms. The van der Waals surface area contributed by atoms with E-state index in [1.807, 2.05) is 49.3 Å². The number of carbonyl (C=O) groups is 2. The van der Waals surface area contributed by atoms with Gasteiger partial charge in [-0.25, -0.2) is 0 Å². The highest BCUT2D eigenvalue weighted by Crippen LogP contribution is 2.40. The molecule has 1 aliphatic rings. The molecule has 1 amide bonds. The van der Waals surface area contributed by atoms with Gasteiger partial charge < -0.3 is 14.9 Å². The zero-order chi connectivity index (χ0) is 20.4. The number of ketones is 1. The molecule has 2 aromatic rings. The van der Waals surface area contributed by atoms with Crippen LogP contribution in [-0.2, 0) is 9.59 Å². The summed E-state index contributed by atoms with van der Waals surface area (Å²) >= 11 is 0. The standard InChI is InChI=1S/C21H26N4O3/c1-13-16(14(2)23-22-13)19(26)17-18(15-9-6-5-7-10-15)25(21(28)20(17)27)12-8-11-24(3)4/h5-7,9-10,18,26H,8,11-12H2,1-4H3,(H,22,23)/b19-17+. The first kappa shape index (κ1) is 19.8. The van der Waals surface area contributed by atoms with Crippen LogP contribution in [0.15, 0.2) is 35.9 Å². The molecule has 2 N–H and O–H groups in total. The fraction of sp³-hybridized carbons (Fsp3) is 0.381. The lowest BCUT2D eigenvalue weighted by atomic mass is 9.94. The van der Waals surface area contributed by atoms with E-state index < -0.39 is 17.7 Å². The van der Waals surface area contributed by atoms with Crippen LogP contribution >= 0.6 is 0 Å². The third-order valence-electron chi connectivity index (χ3n) is 5.02. The van der Waals surface area contributed by atoms with Crippen LogP contribution in [0.2, 0.25) is 0 Å². The number of aryl methyl sites for hydroxylation is 2. The molecule has 1 saturated heterocycles. The van der Waals surface area contributed by atoms with Crippen molar-refractivity contribution in [3.63, 3.8) is 0 Å². The van der Waals surface area contributed by atoms with Crippen LogP contribution in [0.25, 0.3) is 5.76 Å². The summed E-state index contributed by atoms with van der Waals surface area (Å²) in [6, 6.07) is 8.74. The van der Waals surface area contributed by atoms with E-state index in [1.54, 1.807) is 18.7 Å². The van der Waals surface area contributed by atoms with Crippen LogP contribution in [0.5, 0.6) is 0 Å². The summed E-state index contributed by atoms with van der Waals surface area (Å²) < 4.78 is 0. The molecule has 0 saturated carbocycles. The number of amides is 1. The van der Waals surface area contributed by atoms with Crippen LogP contribution in [0.1, 0.15) is 35.0 Å². The summed E-state index contributed by atoms with van der Waals surface area (Å²) in [6.45, 7) is 4.76. The molecular weight excluding hydrogens is 356 g/mol. The molecule has 1 aromatic carbocycles. The smallest absolute Gasteiger partial charge is 0.295 e. The molecule has 2 heterocycles. The molecule has 0 spiro atoms. The molecular formula is C21H26N4O3. The maximum absolute atomic E-state index is 12.9. The van der Waals surface area contributed by atoms with E-state index in [9.17, 15) is 14.7 Å². The lowest BCUT2D eigenvalue weighted by Crippen LogP contribution is -2.32. The number of Topliss-reactive ketones (excluding diaryl/α,β-unsaturated/α-hetero) is 1. The van der Waals surface area contributed by atoms with Gasteiger partial charge >= 0.3 is 0 Å². The third kappa shape index (κ3) is 3.57. The number of aliphatic hydroxyl groups is 1. The van der Waals surface area contributed by atoms with Gasteiger partial charge in [0.1, 0.15) is 5.76 Å². The van der Waals surface area contributed by atoms with Crippen molar-refractivity contribution < 1.29 is 14.7 Å². The molecule has 0 radical (unpaired) electrons. The lowest BCUT2D eigenvalue weighted by Gasteiger charge is -2.26. The first-order valence-electron chi connectivity index (χ1n) is 9.33. The SMILES string of the molecule is Cc1n[nH]c(C)c1/C(O)=C1\C(=O)C(=O)N(CCCN(C)C)C1c1ccccc1. The van der Waals surface area contributed by atoms with E-state index in [4.69, 9.17) is 0 Å². The molecule has 0 bridgehead atoms. The molecule has 1 atom stereocenters. The van der Waals surface area contributed by atoms with Gasteiger partial charge in [0.2, 0.25) is 0 Å². The average Bonchev–Trinajstić information content (AvgIpc) is 3.12. The molecule has 1 aliphatic heterocycles. The number of rotatable bonds is 6. The largest absolute Gasteiger partial charge is 0.507 e. The topological polar surface area (TPSA) is 89.5 Å². The predicted molar refractivity (Wildman–Crippen MR) is 107 cm³/mol. The molecule has 1 unspecified atom stereocenters. The minimum Gasteiger partial charge on any atom is -0.507 e. The fourth-order valence-electron chi connectivity index (χ4n) is 3.68. The van der Waals surface area contributed by atoms with Crippen LogP contribution in [0, 0.1) is 13.8 Å². The van der Waals surface area contributed by atoms with Crippen molar-refractivity contribution in [2.24, 2.45) is 0 Å². The van der Waals surface area contributed by atoms with E-state index in [0.29, 0.717) is 23.5 Å². The quantitative estimate of drug-likeness (QED) is 0.455. The molecule has 0 aliphatic carbocycles. The predicted octanol–water partition coefficient (Wildman–Crippen LogP) is 2.40. The first-order valence-corrected chi connectivity index (χ1v) is 9.33. The van der Waals surface area contributed by atoms with Gasteiger partial charge in [0.05, 0.1) is 22.9 Å². The number of hydrogen-bond donors (Lipinski definition) is 2. The minimum atomic E-state index is -0.656. The summed E-state index contributed by atoms with van der Waals surface area (Å²) in [5, 5.41) is 18.0. The molecule has 1 fully saturated rings. The second-order valence-corrected chi connectivity index (χ2v) is 7.37. The Morgan fingerprint density at radius 3 is 2.46 bits per heavy atom. The Labute approximate surface area is 164 Å². The van der Waals surface area contributed by atoms with Gasteiger partial charge in [0, 0.05) is 12.2 Å². The number of H-pyrrole nitrogens is 1. The lowest BCUT2D eigenvalue weighted by molar-refractivity contribution is -0.139. The van der Waals surface area contributed by atoms with Crippen molar-refractivity contribution >= 4 is 17.4 Å². The van der Waals surface area contributed by atoms with Gasteiger partial charge in [0.15, 0.2) is 0 Å². The van der Waals surface area contributed by atoms with Crippen molar-refractivity contribution in [2.45, 2.75) is 26.3 Å². The zero-order valence-corrected chi connectivity index (χ0v) is 16.7. The summed E-state index contributed by atoms with van der Waals surface area (Å²) in [5.74, 6) is -1.41. The van der Waals surface area contributed by atoms with Crippen molar-refractivity contribution in [2.75, 3.05) is 27.2 Å². The number of aromatic amines is 1. The Morgan fingerprint density at radius 2 is 1.89 bits per heavy atom. The Hall–Kier alpha value is -2.93. The van der Waals surface area contributed by atoms with E-state index in [-0.39, 0.29) is 11.3 Å². The summed E-state index contributed by atoms with van der Waals surface area (Å²) in [7, 11) is 3.93. The van der Waals surface area contributed by atoms with E-state index in [1.165, 1.54) is 0 Å². The molecule has 7 heteroatoms. The number of nitrogens with one attached hydrogen (secondary N) is 1. The normalized spacial score (nSPS) is 19.0. The Balaban J connectivity index is 2.10. The number of carbonyl (C=O) groups excluding carboxylic acids is 2. The summed E-state index contributed by atoms with van der Waals surface area (Å²) in [5.41, 5.74) is 2.63. The third-order valence-corrected chi connectivity index (χ3v) is 5.02. The summed E-state index contributed by atoms with van der Waals surface area (Å²) in [6.07, 6.45) is 0.729. The maximum Gasteiger partial charge on any atom is 0.295 e. The number of nitrogens with zero attached hydrogens (tertiary/aromatic N) is 3. The van der Waals surface area contributed by atoms with Crippen LogP contribution in [0.4, 0.5) is 0 Å². The van der Waals surface area contributed by atoms with Gasteiger partial charge in [-0.2, -0.15) is 5.10 Å². The van der Waals surface area contributed by atoms with E-state index in [0.717, 1.165) is 18.5 Å². The zero-order valence-electron chi connectivity index (χ0n) is 16.7. The Bertz CT molecular complexity index is 895. The highest BCUT2D eigenvalue weighted by atomic mass is 16.3. The van der Waals surface area contributed by atoms with Crippen LogP contribution in [0.3, 0.4) is 0 Å². The van der Waals surface area contributed by atoms with Crippen molar-refractivity contribution in [1.82, 2.24) is 20.0 Å². The highest BCUT2D eigenvalue weighted by molar-refractivity contribution is 6.46. The number of hydrogen-bond acceptors (Lipinski definition) is 5. The summed E-state index contributed by atoms with van der Waals surface area (Å²) in [4.78, 5) is 29.3. The van der Waals surface area contributed by atoms with E-state index >= 15 is 0 Å². The second kappa shape index (κ2) is 7.98. The molecule has 7 nitrogen and oxygen atoms in total.